The van der Waals surface area contributed by atoms with Gasteiger partial charge in [-0.25, -0.2) is 0 Å². The summed E-state index contributed by atoms with van der Waals surface area (Å²) in [4.78, 5) is 14.1. The van der Waals surface area contributed by atoms with Crippen LogP contribution in [0.2, 0.25) is 10.0 Å². The van der Waals surface area contributed by atoms with Crippen molar-refractivity contribution in [2.24, 2.45) is 0 Å². The molecule has 4 nitrogen and oxygen atoms in total. The Morgan fingerprint density at radius 1 is 1.36 bits per heavy atom. The normalized spacial score (nSPS) is 15.6. The summed E-state index contributed by atoms with van der Waals surface area (Å²) in [6.45, 7) is 2.44. The van der Waals surface area contributed by atoms with E-state index in [4.69, 9.17) is 27.9 Å². The highest BCUT2D eigenvalue weighted by Crippen LogP contribution is 2.27. The predicted octanol–water partition coefficient (Wildman–Crippen LogP) is 3.36. The summed E-state index contributed by atoms with van der Waals surface area (Å²) < 4.78 is 5.60. The van der Waals surface area contributed by atoms with Crippen molar-refractivity contribution in [3.63, 3.8) is 0 Å². The Kier molecular flexibility index (Phi) is 6.80. The van der Waals surface area contributed by atoms with Crippen molar-refractivity contribution in [2.75, 3.05) is 26.7 Å². The van der Waals surface area contributed by atoms with Crippen LogP contribution in [0.1, 0.15) is 25.7 Å². The lowest BCUT2D eigenvalue weighted by Crippen LogP contribution is -2.43. The summed E-state index contributed by atoms with van der Waals surface area (Å²) in [6.07, 6.45) is 3.22. The summed E-state index contributed by atoms with van der Waals surface area (Å²) in [5.74, 6) is 0.780. The zero-order chi connectivity index (χ0) is 15.9. The van der Waals surface area contributed by atoms with Gasteiger partial charge in [0.05, 0.1) is 11.6 Å². The summed E-state index contributed by atoms with van der Waals surface area (Å²) in [6, 6.07) is 5.49. The van der Waals surface area contributed by atoms with E-state index < -0.39 is 0 Å². The third kappa shape index (κ3) is 5.04. The molecule has 0 bridgehead atoms. The smallest absolute Gasteiger partial charge is 0.222 e. The second-order valence-corrected chi connectivity index (χ2v) is 6.36. The number of carbonyl (C=O) groups excluding carboxylic acids is 1. The topological polar surface area (TPSA) is 41.6 Å². The average molecular weight is 345 g/mol. The Balaban J connectivity index is 1.70. The van der Waals surface area contributed by atoms with Crippen LogP contribution in [0.4, 0.5) is 0 Å². The van der Waals surface area contributed by atoms with Crippen LogP contribution in [0.15, 0.2) is 18.2 Å². The van der Waals surface area contributed by atoms with Gasteiger partial charge in [-0.1, -0.05) is 23.2 Å². The van der Waals surface area contributed by atoms with Crippen LogP contribution in [-0.2, 0) is 4.79 Å². The van der Waals surface area contributed by atoms with E-state index in [1.165, 1.54) is 0 Å². The number of nitrogens with one attached hydrogen (secondary N) is 1. The van der Waals surface area contributed by atoms with Crippen LogP contribution < -0.4 is 10.1 Å². The molecule has 1 saturated heterocycles. The maximum absolute atomic E-state index is 12.2. The molecule has 0 radical (unpaired) electrons. The van der Waals surface area contributed by atoms with Gasteiger partial charge in [0.1, 0.15) is 5.75 Å². The van der Waals surface area contributed by atoms with Crippen molar-refractivity contribution in [1.82, 2.24) is 10.2 Å². The lowest BCUT2D eigenvalue weighted by molar-refractivity contribution is -0.132. The molecule has 22 heavy (non-hydrogen) atoms. The Morgan fingerprint density at radius 2 is 2.09 bits per heavy atom. The van der Waals surface area contributed by atoms with Crippen LogP contribution >= 0.6 is 23.2 Å². The Labute approximate surface area is 141 Å². The van der Waals surface area contributed by atoms with Crippen molar-refractivity contribution >= 4 is 29.1 Å². The largest absolute Gasteiger partial charge is 0.492 e. The van der Waals surface area contributed by atoms with Gasteiger partial charge < -0.3 is 15.0 Å². The van der Waals surface area contributed by atoms with Gasteiger partial charge in [-0.2, -0.15) is 0 Å². The van der Waals surface area contributed by atoms with E-state index in [-0.39, 0.29) is 5.91 Å². The number of hydrogen-bond acceptors (Lipinski definition) is 3. The number of rotatable bonds is 6. The molecule has 1 amide bonds. The molecule has 0 spiro atoms. The van der Waals surface area contributed by atoms with Gasteiger partial charge in [-0.05, 0) is 50.6 Å². The van der Waals surface area contributed by atoms with E-state index in [2.05, 4.69) is 5.32 Å². The fraction of sp³-hybridized carbons (Fsp3) is 0.562. The summed E-state index contributed by atoms with van der Waals surface area (Å²) in [5, 5.41) is 4.38. The minimum atomic E-state index is 0.178. The molecule has 1 aromatic carbocycles. The zero-order valence-corrected chi connectivity index (χ0v) is 14.3. The molecule has 1 aliphatic heterocycles. The van der Waals surface area contributed by atoms with Gasteiger partial charge in [0.25, 0.3) is 0 Å². The first-order chi connectivity index (χ1) is 10.6. The Bertz CT molecular complexity index is 505. The van der Waals surface area contributed by atoms with Crippen LogP contribution in [0.3, 0.4) is 0 Å². The standard InChI is InChI=1S/C16H22Cl2N2O2/c1-20(13-6-8-19-9-7-13)16(21)3-2-10-22-15-5-4-12(17)11-14(15)18/h4-5,11,13,19H,2-3,6-10H2,1H3. The fourth-order valence-electron chi connectivity index (χ4n) is 2.57. The van der Waals surface area contributed by atoms with Gasteiger partial charge in [-0.15, -0.1) is 0 Å². The van der Waals surface area contributed by atoms with Crippen molar-refractivity contribution in [3.8, 4) is 5.75 Å². The molecule has 1 fully saturated rings. The van der Waals surface area contributed by atoms with E-state index in [1.807, 2.05) is 11.9 Å². The van der Waals surface area contributed by atoms with Crippen molar-refractivity contribution < 1.29 is 9.53 Å². The number of halogens is 2. The zero-order valence-electron chi connectivity index (χ0n) is 12.8. The van der Waals surface area contributed by atoms with Gasteiger partial charge in [0, 0.05) is 24.5 Å². The minimum Gasteiger partial charge on any atom is -0.492 e. The number of carbonyl (C=O) groups is 1. The molecular formula is C16H22Cl2N2O2. The number of benzene rings is 1. The second-order valence-electron chi connectivity index (χ2n) is 5.51. The van der Waals surface area contributed by atoms with E-state index in [0.717, 1.165) is 25.9 Å². The SMILES string of the molecule is CN(C(=O)CCCOc1ccc(Cl)cc1Cl)C1CCNCC1. The van der Waals surface area contributed by atoms with Gasteiger partial charge in [0.2, 0.25) is 5.91 Å². The highest BCUT2D eigenvalue weighted by atomic mass is 35.5. The number of amides is 1. The first-order valence-electron chi connectivity index (χ1n) is 7.62. The third-order valence-corrected chi connectivity index (χ3v) is 4.47. The molecule has 0 atom stereocenters. The summed E-state index contributed by atoms with van der Waals surface area (Å²) in [7, 11) is 1.90. The molecule has 122 valence electrons. The first kappa shape index (κ1) is 17.4. The average Bonchev–Trinajstić information content (AvgIpc) is 2.53. The molecule has 1 heterocycles. The highest BCUT2D eigenvalue weighted by molar-refractivity contribution is 6.35. The molecule has 0 saturated carbocycles. The van der Waals surface area contributed by atoms with Gasteiger partial charge in [-0.3, -0.25) is 4.79 Å². The molecule has 6 heteroatoms. The fourth-order valence-corrected chi connectivity index (χ4v) is 3.03. The first-order valence-corrected chi connectivity index (χ1v) is 8.38. The van der Waals surface area contributed by atoms with Crippen molar-refractivity contribution in [2.45, 2.75) is 31.7 Å². The Morgan fingerprint density at radius 3 is 2.77 bits per heavy atom. The van der Waals surface area contributed by atoms with Crippen molar-refractivity contribution in [3.05, 3.63) is 28.2 Å². The molecule has 1 aliphatic rings. The van der Waals surface area contributed by atoms with E-state index in [0.29, 0.717) is 41.3 Å². The maximum atomic E-state index is 12.2. The van der Waals surface area contributed by atoms with Gasteiger partial charge >= 0.3 is 0 Å². The molecule has 0 aromatic heterocycles. The summed E-state index contributed by atoms with van der Waals surface area (Å²) >= 11 is 11.9. The molecule has 1 N–H and O–H groups in total. The molecule has 1 aromatic rings. The van der Waals surface area contributed by atoms with Crippen LogP contribution in [0.5, 0.6) is 5.75 Å². The molecule has 2 rings (SSSR count). The number of piperidine rings is 1. The number of nitrogens with zero attached hydrogens (tertiary/aromatic N) is 1. The third-order valence-electron chi connectivity index (χ3n) is 3.94. The second kappa shape index (κ2) is 8.61. The van der Waals surface area contributed by atoms with Crippen molar-refractivity contribution in [1.29, 1.82) is 0 Å². The molecular weight excluding hydrogens is 323 g/mol. The van der Waals surface area contributed by atoms with E-state index in [9.17, 15) is 4.79 Å². The monoisotopic (exact) mass is 344 g/mol. The quantitative estimate of drug-likeness (QED) is 0.804. The number of ether oxygens (including phenoxy) is 1. The van der Waals surface area contributed by atoms with Crippen LogP contribution in [0, 0.1) is 0 Å². The molecule has 0 unspecified atom stereocenters. The lowest BCUT2D eigenvalue weighted by Gasteiger charge is -2.31. The lowest BCUT2D eigenvalue weighted by atomic mass is 10.0. The van der Waals surface area contributed by atoms with E-state index in [1.54, 1.807) is 18.2 Å². The minimum absolute atomic E-state index is 0.178. The predicted molar refractivity (Wildman–Crippen MR) is 89.9 cm³/mol. The van der Waals surface area contributed by atoms with Gasteiger partial charge in [0.15, 0.2) is 0 Å². The maximum Gasteiger partial charge on any atom is 0.222 e. The molecule has 0 aliphatic carbocycles. The van der Waals surface area contributed by atoms with E-state index >= 15 is 0 Å². The summed E-state index contributed by atoms with van der Waals surface area (Å²) in [5.41, 5.74) is 0. The number of hydrogen-bond donors (Lipinski definition) is 1. The van der Waals surface area contributed by atoms with Crippen LogP contribution in [0.25, 0.3) is 0 Å². The highest BCUT2D eigenvalue weighted by Gasteiger charge is 2.21. The van der Waals surface area contributed by atoms with Crippen LogP contribution in [-0.4, -0.2) is 43.6 Å². The Hall–Kier alpha value is -0.970.